The lowest BCUT2D eigenvalue weighted by atomic mass is 10.1. The van der Waals surface area contributed by atoms with Crippen LogP contribution < -0.4 is 4.18 Å². The summed E-state index contributed by atoms with van der Waals surface area (Å²) in [6.07, 6.45) is -0.135. The van der Waals surface area contributed by atoms with E-state index >= 15 is 0 Å². The van der Waals surface area contributed by atoms with Crippen LogP contribution >= 0.6 is 11.6 Å². The van der Waals surface area contributed by atoms with Gasteiger partial charge in [-0.25, -0.2) is 0 Å². The number of carboxylic acid groups (broad SMARTS) is 1. The summed E-state index contributed by atoms with van der Waals surface area (Å²) in [4.78, 5) is 10.5. The largest absolute Gasteiger partial charge is 0.481 e. The maximum Gasteiger partial charge on any atom is 0.339 e. The summed E-state index contributed by atoms with van der Waals surface area (Å²) in [5, 5.41) is 9.08. The second-order valence-corrected chi connectivity index (χ2v) is 6.19. The van der Waals surface area contributed by atoms with Gasteiger partial charge in [0, 0.05) is 5.02 Å². The molecule has 0 bridgehead atoms. The molecular weight excluding hydrogens is 316 g/mol. The molecule has 0 unspecified atom stereocenters. The molecule has 0 aromatic heterocycles. The number of carbonyl (C=O) groups is 1. The van der Waals surface area contributed by atoms with Gasteiger partial charge in [-0.1, -0.05) is 23.7 Å². The second-order valence-electron chi connectivity index (χ2n) is 4.21. The Hall–Kier alpha value is -2.05. The SMILES string of the molecule is O=C(O)Cc1ccc(OS(=O)(=O)c2ccc(Cl)cc2)cc1. The van der Waals surface area contributed by atoms with Gasteiger partial charge in [0.2, 0.25) is 0 Å². The number of aliphatic carboxylic acids is 1. The minimum atomic E-state index is -3.94. The van der Waals surface area contributed by atoms with Crippen LogP contribution in [0.1, 0.15) is 5.56 Å². The molecule has 1 N–H and O–H groups in total. The van der Waals surface area contributed by atoms with Crippen molar-refractivity contribution in [3.63, 3.8) is 0 Å². The van der Waals surface area contributed by atoms with Gasteiger partial charge in [0.15, 0.2) is 0 Å². The highest BCUT2D eigenvalue weighted by atomic mass is 35.5. The van der Waals surface area contributed by atoms with E-state index < -0.39 is 16.1 Å². The number of carboxylic acids is 1. The molecule has 2 aromatic rings. The molecule has 110 valence electrons. The lowest BCUT2D eigenvalue weighted by molar-refractivity contribution is -0.136. The van der Waals surface area contributed by atoms with Gasteiger partial charge >= 0.3 is 16.1 Å². The molecule has 0 spiro atoms. The standard InChI is InChI=1S/C14H11ClO5S/c15-11-3-7-13(8-4-11)21(18,19)20-12-5-1-10(2-6-12)9-14(16)17/h1-8H,9H2,(H,16,17). The predicted molar refractivity (Wildman–Crippen MR) is 77.0 cm³/mol. The highest BCUT2D eigenvalue weighted by Crippen LogP contribution is 2.20. The Bertz CT molecular complexity index is 736. The summed E-state index contributed by atoms with van der Waals surface area (Å²) < 4.78 is 29.0. The zero-order chi connectivity index (χ0) is 15.5. The minimum absolute atomic E-state index is 0.0125. The van der Waals surface area contributed by atoms with Crippen molar-refractivity contribution < 1.29 is 22.5 Å². The van der Waals surface area contributed by atoms with Crippen molar-refractivity contribution >= 4 is 27.7 Å². The van der Waals surface area contributed by atoms with Crippen molar-refractivity contribution in [2.24, 2.45) is 0 Å². The van der Waals surface area contributed by atoms with E-state index in [1.54, 1.807) is 0 Å². The first kappa shape index (κ1) is 15.3. The van der Waals surface area contributed by atoms with Gasteiger partial charge in [-0.3, -0.25) is 4.79 Å². The van der Waals surface area contributed by atoms with Crippen LogP contribution in [-0.4, -0.2) is 19.5 Å². The van der Waals surface area contributed by atoms with E-state index in [1.807, 2.05) is 0 Å². The van der Waals surface area contributed by atoms with Crippen molar-refractivity contribution in [2.75, 3.05) is 0 Å². The second kappa shape index (κ2) is 6.15. The molecule has 7 heteroatoms. The summed E-state index contributed by atoms with van der Waals surface area (Å²) in [5.41, 5.74) is 0.554. The van der Waals surface area contributed by atoms with Crippen LogP contribution in [0.25, 0.3) is 0 Å². The van der Waals surface area contributed by atoms with Crippen LogP contribution in [0.3, 0.4) is 0 Å². The number of rotatable bonds is 5. The van der Waals surface area contributed by atoms with E-state index in [1.165, 1.54) is 48.5 Å². The maximum absolute atomic E-state index is 12.0. The van der Waals surface area contributed by atoms with E-state index in [4.69, 9.17) is 20.9 Å². The average Bonchev–Trinajstić information content (AvgIpc) is 2.40. The Morgan fingerprint density at radius 3 is 2.14 bits per heavy atom. The molecule has 0 aliphatic carbocycles. The van der Waals surface area contributed by atoms with Crippen LogP contribution in [0.4, 0.5) is 0 Å². The minimum Gasteiger partial charge on any atom is -0.481 e. The zero-order valence-corrected chi connectivity index (χ0v) is 12.3. The first-order valence-electron chi connectivity index (χ1n) is 5.87. The smallest absolute Gasteiger partial charge is 0.339 e. The highest BCUT2D eigenvalue weighted by Gasteiger charge is 2.16. The number of halogens is 1. The van der Waals surface area contributed by atoms with Crippen LogP contribution in [0, 0.1) is 0 Å². The van der Waals surface area contributed by atoms with E-state index in [0.717, 1.165) is 0 Å². The van der Waals surface area contributed by atoms with Crippen LogP contribution in [-0.2, 0) is 21.3 Å². The normalized spacial score (nSPS) is 11.1. The zero-order valence-electron chi connectivity index (χ0n) is 10.7. The Morgan fingerprint density at radius 2 is 1.62 bits per heavy atom. The van der Waals surface area contributed by atoms with Crippen LogP contribution in [0.5, 0.6) is 5.75 Å². The molecule has 5 nitrogen and oxygen atoms in total. The summed E-state index contributed by atoms with van der Waals surface area (Å²) in [6.45, 7) is 0. The molecule has 0 amide bonds. The van der Waals surface area contributed by atoms with Gasteiger partial charge in [-0.05, 0) is 42.0 Å². The van der Waals surface area contributed by atoms with Crippen molar-refractivity contribution in [3.8, 4) is 5.75 Å². The van der Waals surface area contributed by atoms with Crippen molar-refractivity contribution in [1.29, 1.82) is 0 Å². The Balaban J connectivity index is 2.16. The Kier molecular flexibility index (Phi) is 4.50. The quantitative estimate of drug-likeness (QED) is 0.854. The molecule has 0 radical (unpaired) electrons. The van der Waals surface area contributed by atoms with Gasteiger partial charge in [-0.15, -0.1) is 0 Å². The molecule has 21 heavy (non-hydrogen) atoms. The monoisotopic (exact) mass is 326 g/mol. The van der Waals surface area contributed by atoms with Crippen molar-refractivity contribution in [2.45, 2.75) is 11.3 Å². The third-order valence-corrected chi connectivity index (χ3v) is 4.10. The number of hydrogen-bond acceptors (Lipinski definition) is 4. The van der Waals surface area contributed by atoms with E-state index in [9.17, 15) is 13.2 Å². The van der Waals surface area contributed by atoms with Gasteiger partial charge in [-0.2, -0.15) is 8.42 Å². The van der Waals surface area contributed by atoms with Crippen LogP contribution in [0.2, 0.25) is 5.02 Å². The van der Waals surface area contributed by atoms with Gasteiger partial charge < -0.3 is 9.29 Å². The first-order chi connectivity index (χ1) is 9.87. The van der Waals surface area contributed by atoms with Gasteiger partial charge in [0.05, 0.1) is 6.42 Å². The molecule has 0 heterocycles. The lowest BCUT2D eigenvalue weighted by Gasteiger charge is -2.07. The molecule has 2 rings (SSSR count). The van der Waals surface area contributed by atoms with E-state index in [2.05, 4.69) is 0 Å². The van der Waals surface area contributed by atoms with Gasteiger partial charge in [0.25, 0.3) is 0 Å². The highest BCUT2D eigenvalue weighted by molar-refractivity contribution is 7.87. The molecule has 0 aliphatic rings. The predicted octanol–water partition coefficient (Wildman–Crippen LogP) is 2.73. The number of hydrogen-bond donors (Lipinski definition) is 1. The molecule has 0 saturated carbocycles. The fourth-order valence-corrected chi connectivity index (χ4v) is 2.67. The first-order valence-corrected chi connectivity index (χ1v) is 7.66. The van der Waals surface area contributed by atoms with Crippen molar-refractivity contribution in [1.82, 2.24) is 0 Å². The van der Waals surface area contributed by atoms with Crippen LogP contribution in [0.15, 0.2) is 53.4 Å². The summed E-state index contributed by atoms with van der Waals surface area (Å²) in [7, 11) is -3.94. The molecule has 2 aromatic carbocycles. The third-order valence-electron chi connectivity index (χ3n) is 2.59. The maximum atomic E-state index is 12.0. The fourth-order valence-electron chi connectivity index (χ4n) is 1.61. The summed E-state index contributed by atoms with van der Waals surface area (Å²) in [5.74, 6) is -0.850. The molecule has 0 atom stereocenters. The van der Waals surface area contributed by atoms with Gasteiger partial charge in [0.1, 0.15) is 10.6 Å². The average molecular weight is 327 g/mol. The fraction of sp³-hybridized carbons (Fsp3) is 0.0714. The molecule has 0 saturated heterocycles. The Labute approximate surface area is 126 Å². The molecular formula is C14H11ClO5S. The van der Waals surface area contributed by atoms with E-state index in [0.29, 0.717) is 10.6 Å². The van der Waals surface area contributed by atoms with E-state index in [-0.39, 0.29) is 17.1 Å². The summed E-state index contributed by atoms with van der Waals surface area (Å²) in [6, 6.07) is 11.4. The Morgan fingerprint density at radius 1 is 1.05 bits per heavy atom. The molecule has 0 fully saturated rings. The third kappa shape index (κ3) is 4.21. The lowest BCUT2D eigenvalue weighted by Crippen LogP contribution is -2.09. The summed E-state index contributed by atoms with van der Waals surface area (Å²) >= 11 is 5.70. The van der Waals surface area contributed by atoms with Crippen molar-refractivity contribution in [3.05, 3.63) is 59.1 Å². The topological polar surface area (TPSA) is 80.7 Å². The molecule has 0 aliphatic heterocycles. The number of benzene rings is 2.